The van der Waals surface area contributed by atoms with Crippen molar-refractivity contribution in [2.75, 3.05) is 0 Å². The largest absolute Gasteiger partial charge is 0.310 e. The number of carbonyl (C=O) groups excluding carboxylic acids is 2. The molecule has 4 nitrogen and oxygen atoms in total. The predicted molar refractivity (Wildman–Crippen MR) is 72.4 cm³/mol. The molecule has 0 aromatic carbocycles. The summed E-state index contributed by atoms with van der Waals surface area (Å²) in [5.74, 6) is 0.214. The molecule has 0 aromatic rings. The molecule has 0 aromatic heterocycles. The number of rotatable bonds is 1. The van der Waals surface area contributed by atoms with E-state index in [1.807, 2.05) is 0 Å². The second-order valence-corrected chi connectivity index (χ2v) is 6.55. The third kappa shape index (κ3) is 2.10. The van der Waals surface area contributed by atoms with E-state index in [0.29, 0.717) is 6.04 Å². The summed E-state index contributed by atoms with van der Waals surface area (Å²) >= 11 is 0. The van der Waals surface area contributed by atoms with Crippen molar-refractivity contribution in [1.29, 1.82) is 0 Å². The third-order valence-corrected chi connectivity index (χ3v) is 5.23. The number of piperidine rings is 1. The van der Waals surface area contributed by atoms with Crippen molar-refractivity contribution < 1.29 is 9.59 Å². The average molecular weight is 264 g/mol. The molecule has 19 heavy (non-hydrogen) atoms. The Balaban J connectivity index is 1.80. The maximum Gasteiger partial charge on any atom is 0.233 e. The molecule has 2 amide bonds. The van der Waals surface area contributed by atoms with Gasteiger partial charge in [-0.15, -0.1) is 0 Å². The van der Waals surface area contributed by atoms with E-state index < -0.39 is 0 Å². The number of hydrogen-bond acceptors (Lipinski definition) is 3. The lowest BCUT2D eigenvalue weighted by Gasteiger charge is -2.38. The van der Waals surface area contributed by atoms with E-state index >= 15 is 0 Å². The van der Waals surface area contributed by atoms with Gasteiger partial charge in [-0.25, -0.2) is 0 Å². The third-order valence-electron chi connectivity index (χ3n) is 5.23. The molecule has 1 saturated carbocycles. The Morgan fingerprint density at radius 3 is 2.05 bits per heavy atom. The first-order valence-corrected chi connectivity index (χ1v) is 7.72. The highest BCUT2D eigenvalue weighted by molar-refractivity contribution is 6.05. The van der Waals surface area contributed by atoms with Crippen molar-refractivity contribution in [2.24, 2.45) is 11.8 Å². The van der Waals surface area contributed by atoms with E-state index in [4.69, 9.17) is 0 Å². The fraction of sp³-hybridized carbons (Fsp3) is 0.867. The minimum atomic E-state index is -0.00667. The van der Waals surface area contributed by atoms with Crippen LogP contribution in [0.4, 0.5) is 0 Å². The molecule has 5 atom stereocenters. The molecule has 2 aliphatic heterocycles. The highest BCUT2D eigenvalue weighted by atomic mass is 16.2. The molecule has 3 fully saturated rings. The van der Waals surface area contributed by atoms with Crippen LogP contribution in [0.1, 0.15) is 52.4 Å². The second kappa shape index (κ2) is 4.89. The van der Waals surface area contributed by atoms with Crippen LogP contribution in [-0.2, 0) is 9.59 Å². The zero-order valence-corrected chi connectivity index (χ0v) is 11.9. The Bertz CT molecular complexity index is 372. The van der Waals surface area contributed by atoms with Gasteiger partial charge in [0.1, 0.15) is 0 Å². The lowest BCUT2D eigenvalue weighted by Crippen LogP contribution is -2.56. The molecule has 0 bridgehead atoms. The van der Waals surface area contributed by atoms with Gasteiger partial charge in [-0.1, -0.05) is 12.8 Å². The van der Waals surface area contributed by atoms with E-state index in [2.05, 4.69) is 19.2 Å². The summed E-state index contributed by atoms with van der Waals surface area (Å²) in [7, 11) is 0. The number of likely N-dealkylation sites (tertiary alicyclic amines) is 1. The van der Waals surface area contributed by atoms with Crippen LogP contribution < -0.4 is 5.32 Å². The fourth-order valence-corrected chi connectivity index (χ4v) is 4.18. The predicted octanol–water partition coefficient (Wildman–Crippen LogP) is 1.69. The maximum absolute atomic E-state index is 12.6. The lowest BCUT2D eigenvalue weighted by atomic mass is 9.81. The lowest BCUT2D eigenvalue weighted by molar-refractivity contribution is -0.144. The smallest absolute Gasteiger partial charge is 0.233 e. The summed E-state index contributed by atoms with van der Waals surface area (Å²) in [6, 6.07) is 0.778. The topological polar surface area (TPSA) is 49.4 Å². The molecule has 106 valence electrons. The van der Waals surface area contributed by atoms with Crippen LogP contribution in [0.15, 0.2) is 0 Å². The van der Waals surface area contributed by atoms with Gasteiger partial charge in [0.05, 0.1) is 17.9 Å². The van der Waals surface area contributed by atoms with Crippen LogP contribution in [0.25, 0.3) is 0 Å². The van der Waals surface area contributed by atoms with E-state index in [9.17, 15) is 9.59 Å². The number of imide groups is 1. The monoisotopic (exact) mass is 264 g/mol. The molecule has 5 unspecified atom stereocenters. The van der Waals surface area contributed by atoms with Crippen LogP contribution in [0.3, 0.4) is 0 Å². The van der Waals surface area contributed by atoms with Crippen LogP contribution >= 0.6 is 0 Å². The Morgan fingerprint density at radius 1 is 0.947 bits per heavy atom. The van der Waals surface area contributed by atoms with E-state index in [1.54, 1.807) is 4.90 Å². The summed E-state index contributed by atoms with van der Waals surface area (Å²) in [5.41, 5.74) is 0. The van der Waals surface area contributed by atoms with Gasteiger partial charge < -0.3 is 5.32 Å². The molecule has 0 spiro atoms. The van der Waals surface area contributed by atoms with Crippen molar-refractivity contribution in [3.05, 3.63) is 0 Å². The molecular formula is C15H24N2O2. The number of nitrogens with zero attached hydrogens (tertiary/aromatic N) is 1. The molecule has 2 heterocycles. The van der Waals surface area contributed by atoms with Crippen molar-refractivity contribution in [3.63, 3.8) is 0 Å². The van der Waals surface area contributed by atoms with E-state index in [-0.39, 0.29) is 35.7 Å². The molecule has 3 aliphatic rings. The Hall–Kier alpha value is -0.900. The molecule has 4 heteroatoms. The van der Waals surface area contributed by atoms with Gasteiger partial charge in [-0.3, -0.25) is 14.5 Å². The van der Waals surface area contributed by atoms with Crippen molar-refractivity contribution in [2.45, 2.75) is 70.5 Å². The number of amides is 2. The summed E-state index contributed by atoms with van der Waals surface area (Å²) in [6.07, 6.45) is 6.02. The fourth-order valence-electron chi connectivity index (χ4n) is 4.18. The molecule has 3 rings (SSSR count). The van der Waals surface area contributed by atoms with Gasteiger partial charge in [0.25, 0.3) is 0 Å². The Labute approximate surface area is 114 Å². The first kappa shape index (κ1) is 13.1. The van der Waals surface area contributed by atoms with Crippen molar-refractivity contribution >= 4 is 11.8 Å². The van der Waals surface area contributed by atoms with Gasteiger partial charge in [-0.05, 0) is 39.5 Å². The highest BCUT2D eigenvalue weighted by Gasteiger charge is 2.51. The number of fused-ring (bicyclic) bond motifs is 1. The van der Waals surface area contributed by atoms with Gasteiger partial charge >= 0.3 is 0 Å². The van der Waals surface area contributed by atoms with Crippen LogP contribution in [-0.4, -0.2) is 34.8 Å². The van der Waals surface area contributed by atoms with Gasteiger partial charge in [-0.2, -0.15) is 0 Å². The van der Waals surface area contributed by atoms with Crippen LogP contribution in [0.5, 0.6) is 0 Å². The minimum Gasteiger partial charge on any atom is -0.310 e. The SMILES string of the molecule is CC1CCC(N2C(=O)C3CCCCC3C2=O)C(C)N1. The first-order valence-electron chi connectivity index (χ1n) is 7.72. The van der Waals surface area contributed by atoms with Gasteiger partial charge in [0, 0.05) is 12.1 Å². The van der Waals surface area contributed by atoms with Gasteiger partial charge in [0.15, 0.2) is 0 Å². The quantitative estimate of drug-likeness (QED) is 0.733. The Kier molecular flexibility index (Phi) is 3.37. The highest BCUT2D eigenvalue weighted by Crippen LogP contribution is 2.40. The first-order chi connectivity index (χ1) is 9.09. The van der Waals surface area contributed by atoms with Crippen molar-refractivity contribution in [3.8, 4) is 0 Å². The zero-order chi connectivity index (χ0) is 13.6. The van der Waals surface area contributed by atoms with E-state index in [1.165, 1.54) is 0 Å². The molecule has 2 saturated heterocycles. The summed E-state index contributed by atoms with van der Waals surface area (Å²) in [5, 5.41) is 3.48. The summed E-state index contributed by atoms with van der Waals surface area (Å²) in [6.45, 7) is 4.27. The van der Waals surface area contributed by atoms with Crippen LogP contribution in [0, 0.1) is 11.8 Å². The van der Waals surface area contributed by atoms with Crippen LogP contribution in [0.2, 0.25) is 0 Å². The minimum absolute atomic E-state index is 0.00667. The normalized spacial score (nSPS) is 43.5. The summed E-state index contributed by atoms with van der Waals surface area (Å²) < 4.78 is 0. The molecule has 1 aliphatic carbocycles. The zero-order valence-electron chi connectivity index (χ0n) is 11.9. The number of hydrogen-bond donors (Lipinski definition) is 1. The second-order valence-electron chi connectivity index (χ2n) is 6.55. The maximum atomic E-state index is 12.6. The number of carbonyl (C=O) groups is 2. The van der Waals surface area contributed by atoms with E-state index in [0.717, 1.165) is 38.5 Å². The van der Waals surface area contributed by atoms with Crippen molar-refractivity contribution in [1.82, 2.24) is 10.2 Å². The average Bonchev–Trinajstić information content (AvgIpc) is 2.64. The number of nitrogens with one attached hydrogen (secondary N) is 1. The molecule has 0 radical (unpaired) electrons. The summed E-state index contributed by atoms with van der Waals surface area (Å²) in [4.78, 5) is 26.7. The van der Waals surface area contributed by atoms with Gasteiger partial charge in [0.2, 0.25) is 11.8 Å². The Morgan fingerprint density at radius 2 is 1.53 bits per heavy atom. The molecular weight excluding hydrogens is 240 g/mol. The molecule has 1 N–H and O–H groups in total. The standard InChI is InChI=1S/C15H24N2O2/c1-9-7-8-13(10(2)16-9)17-14(18)11-5-3-4-6-12(11)15(17)19/h9-13,16H,3-8H2,1-2H3.